The van der Waals surface area contributed by atoms with E-state index in [2.05, 4.69) is 26.6 Å². The highest BCUT2D eigenvalue weighted by Crippen LogP contribution is 2.39. The second kappa shape index (κ2) is 7.98. The van der Waals surface area contributed by atoms with Crippen LogP contribution in [-0.2, 0) is 4.74 Å². The van der Waals surface area contributed by atoms with E-state index in [0.717, 1.165) is 28.7 Å². The molecule has 160 valence electrons. The molecule has 0 N–H and O–H groups in total. The minimum absolute atomic E-state index is 0.0279. The van der Waals surface area contributed by atoms with Crippen molar-refractivity contribution in [2.75, 3.05) is 37.7 Å². The van der Waals surface area contributed by atoms with Gasteiger partial charge >= 0.3 is 0 Å². The zero-order valence-corrected chi connectivity index (χ0v) is 18.3. The lowest BCUT2D eigenvalue weighted by Crippen LogP contribution is -2.40. The molecule has 5 rings (SSSR count). The third-order valence-electron chi connectivity index (χ3n) is 5.94. The molecule has 3 aromatic rings. The number of aryl methyl sites for hydroxylation is 1. The summed E-state index contributed by atoms with van der Waals surface area (Å²) in [6, 6.07) is 13.7. The lowest BCUT2D eigenvalue weighted by atomic mass is 10.1. The lowest BCUT2D eigenvalue weighted by Gasteiger charge is -2.29. The van der Waals surface area contributed by atoms with Crippen LogP contribution in [0.3, 0.4) is 0 Å². The normalized spacial score (nSPS) is 18.4. The van der Waals surface area contributed by atoms with E-state index in [4.69, 9.17) is 16.3 Å². The topological polar surface area (TPSA) is 63.5 Å². The van der Waals surface area contributed by atoms with E-state index in [0.29, 0.717) is 43.4 Å². The number of carbonyl (C=O) groups is 1. The molecule has 7 nitrogen and oxygen atoms in total. The molecule has 1 atom stereocenters. The Kier molecular flexibility index (Phi) is 5.16. The molecule has 3 heterocycles. The minimum atomic E-state index is 0.0279. The molecule has 0 aliphatic carbocycles. The highest BCUT2D eigenvalue weighted by molar-refractivity contribution is 6.30. The van der Waals surface area contributed by atoms with Crippen molar-refractivity contribution >= 4 is 28.9 Å². The summed E-state index contributed by atoms with van der Waals surface area (Å²) in [5.41, 5.74) is 3.61. The van der Waals surface area contributed by atoms with E-state index in [9.17, 15) is 4.79 Å². The van der Waals surface area contributed by atoms with Gasteiger partial charge in [0.1, 0.15) is 11.6 Å². The number of fused-ring (bicyclic) bond motifs is 3. The SMILES string of the molecule is Cc1nnc2n1-c1ccc(C(=O)N3CCOCC3)cc1N(c1ccc(Cl)cc1)CC2C. The van der Waals surface area contributed by atoms with Gasteiger partial charge in [-0.2, -0.15) is 0 Å². The van der Waals surface area contributed by atoms with Crippen LogP contribution in [0.1, 0.15) is 34.8 Å². The van der Waals surface area contributed by atoms with Gasteiger partial charge in [-0.25, -0.2) is 0 Å². The molecule has 1 aromatic heterocycles. The third-order valence-corrected chi connectivity index (χ3v) is 6.19. The number of benzene rings is 2. The maximum atomic E-state index is 13.2. The second-order valence-corrected chi connectivity index (χ2v) is 8.47. The van der Waals surface area contributed by atoms with Crippen molar-refractivity contribution in [3.63, 3.8) is 0 Å². The van der Waals surface area contributed by atoms with Crippen molar-refractivity contribution in [2.45, 2.75) is 19.8 Å². The number of halogens is 1. The van der Waals surface area contributed by atoms with Gasteiger partial charge in [-0.05, 0) is 49.4 Å². The molecule has 2 aliphatic heterocycles. The summed E-state index contributed by atoms with van der Waals surface area (Å²) in [4.78, 5) is 17.3. The van der Waals surface area contributed by atoms with Crippen molar-refractivity contribution < 1.29 is 9.53 Å². The Labute approximate surface area is 186 Å². The predicted molar refractivity (Wildman–Crippen MR) is 120 cm³/mol. The predicted octanol–water partition coefficient (Wildman–Crippen LogP) is 3.96. The Morgan fingerprint density at radius 2 is 1.81 bits per heavy atom. The lowest BCUT2D eigenvalue weighted by molar-refractivity contribution is 0.0303. The summed E-state index contributed by atoms with van der Waals surface area (Å²) in [6.07, 6.45) is 0. The first-order valence-electron chi connectivity index (χ1n) is 10.5. The smallest absolute Gasteiger partial charge is 0.254 e. The number of ether oxygens (including phenoxy) is 1. The molecule has 8 heteroatoms. The number of anilines is 2. The summed E-state index contributed by atoms with van der Waals surface area (Å²) in [6.45, 7) is 7.20. The van der Waals surface area contributed by atoms with Gasteiger partial charge in [0.05, 0.1) is 24.6 Å². The maximum absolute atomic E-state index is 13.2. The van der Waals surface area contributed by atoms with Crippen LogP contribution in [0.25, 0.3) is 5.69 Å². The number of rotatable bonds is 2. The first-order chi connectivity index (χ1) is 15.0. The van der Waals surface area contributed by atoms with Crippen molar-refractivity contribution in [3.05, 3.63) is 64.7 Å². The Morgan fingerprint density at radius 1 is 1.06 bits per heavy atom. The molecule has 0 radical (unpaired) electrons. The number of morpholine rings is 1. The van der Waals surface area contributed by atoms with Crippen molar-refractivity contribution in [1.29, 1.82) is 0 Å². The number of aromatic nitrogens is 3. The van der Waals surface area contributed by atoms with Gasteiger partial charge in [-0.3, -0.25) is 9.36 Å². The van der Waals surface area contributed by atoms with Crippen LogP contribution in [0, 0.1) is 6.92 Å². The average molecular weight is 438 g/mol. The van der Waals surface area contributed by atoms with Crippen LogP contribution >= 0.6 is 11.6 Å². The molecule has 2 aliphatic rings. The minimum Gasteiger partial charge on any atom is -0.378 e. The van der Waals surface area contributed by atoms with E-state index in [1.807, 2.05) is 54.3 Å². The maximum Gasteiger partial charge on any atom is 0.254 e. The number of carbonyl (C=O) groups excluding carboxylic acids is 1. The largest absolute Gasteiger partial charge is 0.378 e. The number of amides is 1. The van der Waals surface area contributed by atoms with Crippen LogP contribution in [0.2, 0.25) is 5.02 Å². The number of hydrogen-bond acceptors (Lipinski definition) is 5. The Balaban J connectivity index is 1.65. The summed E-state index contributed by atoms with van der Waals surface area (Å²) < 4.78 is 7.50. The highest BCUT2D eigenvalue weighted by atomic mass is 35.5. The Bertz CT molecular complexity index is 1120. The van der Waals surface area contributed by atoms with Gasteiger partial charge in [-0.1, -0.05) is 18.5 Å². The molecule has 0 saturated carbocycles. The van der Waals surface area contributed by atoms with Gasteiger partial charge in [0.15, 0.2) is 0 Å². The van der Waals surface area contributed by atoms with Crippen LogP contribution in [0.15, 0.2) is 42.5 Å². The average Bonchev–Trinajstić information content (AvgIpc) is 3.13. The van der Waals surface area contributed by atoms with E-state index in [1.165, 1.54) is 0 Å². The van der Waals surface area contributed by atoms with E-state index in [-0.39, 0.29) is 11.8 Å². The van der Waals surface area contributed by atoms with Crippen molar-refractivity contribution in [1.82, 2.24) is 19.7 Å². The van der Waals surface area contributed by atoms with Crippen LogP contribution in [0.5, 0.6) is 0 Å². The molecular formula is C23H24ClN5O2. The molecule has 0 bridgehead atoms. The van der Waals surface area contributed by atoms with E-state index < -0.39 is 0 Å². The summed E-state index contributed by atoms with van der Waals surface area (Å²) >= 11 is 6.14. The monoisotopic (exact) mass is 437 g/mol. The zero-order chi connectivity index (χ0) is 21.5. The standard InChI is InChI=1S/C23H24ClN5O2/c1-15-14-28(19-6-4-18(24)5-7-19)21-13-17(23(30)27-9-11-31-12-10-27)3-8-20(21)29-16(2)25-26-22(15)29/h3-8,13,15H,9-12,14H2,1-2H3. The molecule has 1 saturated heterocycles. The highest BCUT2D eigenvalue weighted by Gasteiger charge is 2.29. The molecule has 2 aromatic carbocycles. The van der Waals surface area contributed by atoms with E-state index in [1.54, 1.807) is 0 Å². The fraction of sp³-hybridized carbons (Fsp3) is 0.348. The zero-order valence-electron chi connectivity index (χ0n) is 17.6. The number of hydrogen-bond donors (Lipinski definition) is 0. The first-order valence-corrected chi connectivity index (χ1v) is 10.9. The quantitative estimate of drug-likeness (QED) is 0.607. The molecule has 1 fully saturated rings. The number of nitrogens with zero attached hydrogens (tertiary/aromatic N) is 5. The van der Waals surface area contributed by atoms with Gasteiger partial charge < -0.3 is 14.5 Å². The van der Waals surface area contributed by atoms with Gasteiger partial charge in [0.25, 0.3) is 5.91 Å². The van der Waals surface area contributed by atoms with E-state index >= 15 is 0 Å². The van der Waals surface area contributed by atoms with Crippen molar-refractivity contribution in [3.8, 4) is 5.69 Å². The van der Waals surface area contributed by atoms with Crippen LogP contribution in [0.4, 0.5) is 11.4 Å². The van der Waals surface area contributed by atoms with Crippen LogP contribution < -0.4 is 4.90 Å². The van der Waals surface area contributed by atoms with Crippen molar-refractivity contribution in [2.24, 2.45) is 0 Å². The summed E-state index contributed by atoms with van der Waals surface area (Å²) in [5, 5.41) is 9.45. The fourth-order valence-electron chi connectivity index (χ4n) is 4.33. The van der Waals surface area contributed by atoms with Gasteiger partial charge in [-0.15, -0.1) is 10.2 Å². The third kappa shape index (κ3) is 3.58. The molecule has 0 spiro atoms. The molecule has 1 amide bonds. The van der Waals surface area contributed by atoms with Gasteiger partial charge in [0.2, 0.25) is 0 Å². The van der Waals surface area contributed by atoms with Crippen LogP contribution in [-0.4, -0.2) is 58.4 Å². The second-order valence-electron chi connectivity index (χ2n) is 8.04. The Hall–Kier alpha value is -2.90. The summed E-state index contributed by atoms with van der Waals surface area (Å²) in [5.74, 6) is 1.92. The first kappa shape index (κ1) is 20.0. The molecule has 1 unspecified atom stereocenters. The van der Waals surface area contributed by atoms with Gasteiger partial charge in [0, 0.05) is 41.8 Å². The Morgan fingerprint density at radius 3 is 2.55 bits per heavy atom. The summed E-state index contributed by atoms with van der Waals surface area (Å²) in [7, 11) is 0. The molecular weight excluding hydrogens is 414 g/mol. The molecule has 31 heavy (non-hydrogen) atoms. The fourth-order valence-corrected chi connectivity index (χ4v) is 4.45.